The summed E-state index contributed by atoms with van der Waals surface area (Å²) in [6, 6.07) is 3.66. The lowest BCUT2D eigenvalue weighted by Gasteiger charge is -1.92. The number of hydrogen-bond donors (Lipinski definition) is 1. The van der Waals surface area contributed by atoms with E-state index in [0.717, 1.165) is 22.5 Å². The van der Waals surface area contributed by atoms with Crippen molar-refractivity contribution < 1.29 is 9.47 Å². The topological polar surface area (TPSA) is 75.2 Å². The van der Waals surface area contributed by atoms with E-state index < -0.39 is 0 Å². The van der Waals surface area contributed by atoms with Crippen LogP contribution < -0.4 is 15.2 Å². The van der Waals surface area contributed by atoms with Crippen LogP contribution in [0.3, 0.4) is 0 Å². The van der Waals surface area contributed by atoms with Gasteiger partial charge in [0.1, 0.15) is 11.0 Å². The quantitative estimate of drug-likeness (QED) is 0.755. The third-order valence-electron chi connectivity index (χ3n) is 2.25. The normalized spacial score (nSPS) is 13.7. The SMILES string of the molecule is NCCn1nc2cc3c(cc2n1)OCO3. The predicted molar refractivity (Wildman–Crippen MR) is 52.7 cm³/mol. The van der Waals surface area contributed by atoms with Gasteiger partial charge in [0.05, 0.1) is 6.54 Å². The maximum Gasteiger partial charge on any atom is 0.231 e. The molecule has 1 aliphatic rings. The Morgan fingerprint density at radius 3 is 2.33 bits per heavy atom. The highest BCUT2D eigenvalue weighted by Crippen LogP contribution is 2.34. The Labute approximate surface area is 85.6 Å². The van der Waals surface area contributed by atoms with E-state index in [1.807, 2.05) is 12.1 Å². The van der Waals surface area contributed by atoms with Gasteiger partial charge in [0.15, 0.2) is 11.5 Å². The molecule has 0 aliphatic carbocycles. The molecule has 0 spiro atoms. The van der Waals surface area contributed by atoms with Gasteiger partial charge in [-0.2, -0.15) is 15.0 Å². The largest absolute Gasteiger partial charge is 0.454 e. The van der Waals surface area contributed by atoms with E-state index in [9.17, 15) is 0 Å². The first-order valence-electron chi connectivity index (χ1n) is 4.71. The Bertz CT molecular complexity index is 467. The standard InChI is InChI=1S/C9H10N4O2/c10-1-2-13-11-6-3-8-9(15-5-14-8)4-7(6)12-13/h3-4H,1-2,5,10H2. The molecule has 6 heteroatoms. The molecule has 0 bridgehead atoms. The van der Waals surface area contributed by atoms with E-state index in [-0.39, 0.29) is 6.79 Å². The van der Waals surface area contributed by atoms with Crippen LogP contribution in [0.2, 0.25) is 0 Å². The molecule has 2 heterocycles. The Hall–Kier alpha value is -1.82. The van der Waals surface area contributed by atoms with E-state index in [1.54, 1.807) is 4.80 Å². The van der Waals surface area contributed by atoms with Gasteiger partial charge in [-0.15, -0.1) is 0 Å². The Morgan fingerprint density at radius 2 is 1.80 bits per heavy atom. The average molecular weight is 206 g/mol. The van der Waals surface area contributed by atoms with Crippen LogP contribution in [0.1, 0.15) is 0 Å². The molecule has 2 N–H and O–H groups in total. The van der Waals surface area contributed by atoms with E-state index in [0.29, 0.717) is 13.1 Å². The number of ether oxygens (including phenoxy) is 2. The maximum atomic E-state index is 5.43. The molecule has 78 valence electrons. The summed E-state index contributed by atoms with van der Waals surface area (Å²) in [5, 5.41) is 8.54. The Balaban J connectivity index is 2.12. The maximum absolute atomic E-state index is 5.43. The van der Waals surface area contributed by atoms with Crippen LogP contribution in [0, 0.1) is 0 Å². The molecule has 15 heavy (non-hydrogen) atoms. The van der Waals surface area contributed by atoms with E-state index >= 15 is 0 Å². The molecule has 0 fully saturated rings. The van der Waals surface area contributed by atoms with Gasteiger partial charge >= 0.3 is 0 Å². The highest BCUT2D eigenvalue weighted by Gasteiger charge is 2.16. The highest BCUT2D eigenvalue weighted by molar-refractivity contribution is 5.78. The van der Waals surface area contributed by atoms with Gasteiger partial charge < -0.3 is 15.2 Å². The van der Waals surface area contributed by atoms with Crippen molar-refractivity contribution in [3.8, 4) is 11.5 Å². The fourth-order valence-corrected chi connectivity index (χ4v) is 1.57. The number of fused-ring (bicyclic) bond motifs is 2. The van der Waals surface area contributed by atoms with Gasteiger partial charge in [0.25, 0.3) is 0 Å². The Morgan fingerprint density at radius 1 is 1.20 bits per heavy atom. The van der Waals surface area contributed by atoms with Crippen molar-refractivity contribution in [2.45, 2.75) is 6.54 Å². The Kier molecular flexibility index (Phi) is 1.75. The molecule has 1 aromatic carbocycles. The molecular formula is C9H10N4O2. The molecule has 2 aromatic rings. The molecule has 0 amide bonds. The van der Waals surface area contributed by atoms with Crippen molar-refractivity contribution >= 4 is 11.0 Å². The lowest BCUT2D eigenvalue weighted by atomic mass is 10.3. The third-order valence-corrected chi connectivity index (χ3v) is 2.25. The number of aromatic nitrogens is 3. The van der Waals surface area contributed by atoms with Crippen molar-refractivity contribution in [2.24, 2.45) is 5.73 Å². The molecule has 0 atom stereocenters. The molecule has 3 rings (SSSR count). The fraction of sp³-hybridized carbons (Fsp3) is 0.333. The third kappa shape index (κ3) is 1.30. The van der Waals surface area contributed by atoms with Crippen LogP contribution >= 0.6 is 0 Å². The van der Waals surface area contributed by atoms with Crippen LogP contribution in [0.5, 0.6) is 11.5 Å². The van der Waals surface area contributed by atoms with Crippen molar-refractivity contribution in [3.05, 3.63) is 12.1 Å². The van der Waals surface area contributed by atoms with Crippen molar-refractivity contribution in [2.75, 3.05) is 13.3 Å². The zero-order chi connectivity index (χ0) is 10.3. The van der Waals surface area contributed by atoms with E-state index in [4.69, 9.17) is 15.2 Å². The summed E-state index contributed by atoms with van der Waals surface area (Å²) < 4.78 is 10.5. The predicted octanol–water partition coefficient (Wildman–Crippen LogP) is 0.119. The summed E-state index contributed by atoms with van der Waals surface area (Å²) in [5.74, 6) is 1.45. The molecule has 0 radical (unpaired) electrons. The van der Waals surface area contributed by atoms with Crippen LogP contribution in [0.25, 0.3) is 11.0 Å². The molecule has 1 aromatic heterocycles. The summed E-state index contributed by atoms with van der Waals surface area (Å²) in [6.07, 6.45) is 0. The summed E-state index contributed by atoms with van der Waals surface area (Å²) in [6.45, 7) is 1.40. The second kappa shape index (κ2) is 3.09. The second-order valence-electron chi connectivity index (χ2n) is 3.28. The van der Waals surface area contributed by atoms with Gasteiger partial charge in [0, 0.05) is 18.7 Å². The number of nitrogens with zero attached hydrogens (tertiary/aromatic N) is 3. The fourth-order valence-electron chi connectivity index (χ4n) is 1.57. The first-order chi connectivity index (χ1) is 7.36. The van der Waals surface area contributed by atoms with Gasteiger partial charge in [0.2, 0.25) is 6.79 Å². The minimum absolute atomic E-state index is 0.269. The van der Waals surface area contributed by atoms with E-state index in [2.05, 4.69) is 10.2 Å². The summed E-state index contributed by atoms with van der Waals surface area (Å²) in [5.41, 5.74) is 7.03. The minimum Gasteiger partial charge on any atom is -0.454 e. The number of nitrogens with two attached hydrogens (primary N) is 1. The lowest BCUT2D eigenvalue weighted by molar-refractivity contribution is 0.174. The van der Waals surface area contributed by atoms with Gasteiger partial charge in [-0.1, -0.05) is 0 Å². The number of rotatable bonds is 2. The zero-order valence-electron chi connectivity index (χ0n) is 8.01. The second-order valence-corrected chi connectivity index (χ2v) is 3.28. The molecular weight excluding hydrogens is 196 g/mol. The first kappa shape index (κ1) is 8.49. The van der Waals surface area contributed by atoms with Gasteiger partial charge in [-0.05, 0) is 0 Å². The van der Waals surface area contributed by atoms with Crippen molar-refractivity contribution in [3.63, 3.8) is 0 Å². The van der Waals surface area contributed by atoms with E-state index in [1.165, 1.54) is 0 Å². The molecule has 6 nitrogen and oxygen atoms in total. The zero-order valence-corrected chi connectivity index (χ0v) is 8.01. The van der Waals surface area contributed by atoms with Crippen LogP contribution in [0.15, 0.2) is 12.1 Å². The molecule has 1 aliphatic heterocycles. The lowest BCUT2D eigenvalue weighted by Crippen LogP contribution is -2.12. The van der Waals surface area contributed by atoms with Gasteiger partial charge in [-0.25, -0.2) is 0 Å². The monoisotopic (exact) mass is 206 g/mol. The number of hydrogen-bond acceptors (Lipinski definition) is 5. The van der Waals surface area contributed by atoms with Gasteiger partial charge in [-0.3, -0.25) is 0 Å². The van der Waals surface area contributed by atoms with Crippen molar-refractivity contribution in [1.29, 1.82) is 0 Å². The average Bonchev–Trinajstić information content (AvgIpc) is 2.78. The molecule has 0 saturated heterocycles. The molecule has 0 unspecified atom stereocenters. The van der Waals surface area contributed by atoms with Crippen molar-refractivity contribution in [1.82, 2.24) is 15.0 Å². The first-order valence-corrected chi connectivity index (χ1v) is 4.71. The smallest absolute Gasteiger partial charge is 0.231 e. The summed E-state index contributed by atoms with van der Waals surface area (Å²) in [4.78, 5) is 1.58. The summed E-state index contributed by atoms with van der Waals surface area (Å²) in [7, 11) is 0. The molecule has 0 saturated carbocycles. The minimum atomic E-state index is 0.269. The van der Waals surface area contributed by atoms with Crippen LogP contribution in [-0.4, -0.2) is 28.3 Å². The highest BCUT2D eigenvalue weighted by atomic mass is 16.7. The van der Waals surface area contributed by atoms with Crippen LogP contribution in [0.4, 0.5) is 0 Å². The summed E-state index contributed by atoms with van der Waals surface area (Å²) >= 11 is 0. The van der Waals surface area contributed by atoms with Crippen LogP contribution in [-0.2, 0) is 6.54 Å². The number of benzene rings is 1.